The van der Waals surface area contributed by atoms with Crippen molar-refractivity contribution in [1.29, 1.82) is 0 Å². The number of ether oxygens (including phenoxy) is 1. The molecule has 0 aliphatic heterocycles. The highest BCUT2D eigenvalue weighted by Gasteiger charge is 2.26. The number of anilines is 1. The molecule has 0 aliphatic carbocycles. The summed E-state index contributed by atoms with van der Waals surface area (Å²) < 4.78 is 35.1. The molecule has 7 heteroatoms. The van der Waals surface area contributed by atoms with E-state index in [0.29, 0.717) is 35.6 Å². The maximum atomic E-state index is 13.7. The Morgan fingerprint density at radius 3 is 2.20 bits per heavy atom. The molecular weight excluding hydrogens is 573 g/mol. The van der Waals surface area contributed by atoms with Gasteiger partial charge in [-0.1, -0.05) is 51.1 Å². The minimum Gasteiger partial charge on any atom is -0.489 e. The quantitative estimate of drug-likeness (QED) is 0.189. The standard InChI is InChI=1S/C28H32INO4S/c1-6-10-27(31)30(29)23-15-20(4)28(21(5)16-23)35(32,33)24-13-14-26(25(17-24)19(2)3)34-18-22-11-8-7-9-12-22/h7-9,11-17,19H,6,10,18H2,1-5H3. The van der Waals surface area contributed by atoms with E-state index < -0.39 is 9.84 Å². The maximum Gasteiger partial charge on any atom is 0.235 e. The molecule has 0 spiro atoms. The lowest BCUT2D eigenvalue weighted by Crippen LogP contribution is -2.20. The van der Waals surface area contributed by atoms with Gasteiger partial charge >= 0.3 is 0 Å². The van der Waals surface area contributed by atoms with E-state index in [1.54, 1.807) is 47.3 Å². The fraction of sp³-hybridized carbons (Fsp3) is 0.321. The van der Waals surface area contributed by atoms with Gasteiger partial charge in [-0.3, -0.25) is 7.91 Å². The summed E-state index contributed by atoms with van der Waals surface area (Å²) in [5.41, 5.74) is 3.80. The summed E-state index contributed by atoms with van der Waals surface area (Å²) in [7, 11) is -3.77. The van der Waals surface area contributed by atoms with Crippen molar-refractivity contribution in [1.82, 2.24) is 0 Å². The van der Waals surface area contributed by atoms with Crippen LogP contribution in [0.2, 0.25) is 0 Å². The first kappa shape index (κ1) is 27.2. The maximum absolute atomic E-state index is 13.7. The van der Waals surface area contributed by atoms with Crippen LogP contribution in [0.15, 0.2) is 70.5 Å². The van der Waals surface area contributed by atoms with Crippen LogP contribution in [-0.4, -0.2) is 14.3 Å². The van der Waals surface area contributed by atoms with E-state index in [1.807, 2.05) is 74.0 Å². The zero-order valence-electron chi connectivity index (χ0n) is 20.8. The van der Waals surface area contributed by atoms with Crippen LogP contribution in [0.1, 0.15) is 61.8 Å². The molecule has 3 rings (SSSR count). The number of carbonyl (C=O) groups is 1. The van der Waals surface area contributed by atoms with Crippen LogP contribution < -0.4 is 7.85 Å². The van der Waals surface area contributed by atoms with Gasteiger partial charge in [-0.25, -0.2) is 8.42 Å². The molecule has 0 fully saturated rings. The number of sulfone groups is 1. The molecule has 0 saturated heterocycles. The van der Waals surface area contributed by atoms with Crippen molar-refractivity contribution < 1.29 is 17.9 Å². The van der Waals surface area contributed by atoms with Crippen LogP contribution in [0.25, 0.3) is 0 Å². The van der Waals surface area contributed by atoms with Gasteiger partial charge in [0.05, 0.1) is 38.3 Å². The number of rotatable bonds is 9. The van der Waals surface area contributed by atoms with Gasteiger partial charge in [0.25, 0.3) is 0 Å². The average Bonchev–Trinajstić information content (AvgIpc) is 2.82. The van der Waals surface area contributed by atoms with E-state index in [4.69, 9.17) is 4.74 Å². The van der Waals surface area contributed by atoms with E-state index in [2.05, 4.69) is 0 Å². The van der Waals surface area contributed by atoms with Crippen molar-refractivity contribution in [3.05, 3.63) is 82.9 Å². The van der Waals surface area contributed by atoms with Gasteiger partial charge in [0.1, 0.15) is 12.4 Å². The summed E-state index contributed by atoms with van der Waals surface area (Å²) >= 11 is 1.98. The first-order chi connectivity index (χ1) is 16.6. The number of amides is 1. The first-order valence-electron chi connectivity index (χ1n) is 11.7. The highest BCUT2D eigenvalue weighted by Crippen LogP contribution is 2.36. The molecule has 3 aromatic rings. The Balaban J connectivity index is 1.96. The van der Waals surface area contributed by atoms with Gasteiger partial charge in [0.2, 0.25) is 15.7 Å². The number of halogens is 1. The smallest absolute Gasteiger partial charge is 0.235 e. The molecule has 0 unspecified atom stereocenters. The van der Waals surface area contributed by atoms with Crippen molar-refractivity contribution in [2.45, 2.75) is 69.8 Å². The van der Waals surface area contributed by atoms with Crippen LogP contribution in [0, 0.1) is 13.8 Å². The van der Waals surface area contributed by atoms with Gasteiger partial charge in [0, 0.05) is 6.42 Å². The summed E-state index contributed by atoms with van der Waals surface area (Å²) in [6.45, 7) is 9.97. The second-order valence-electron chi connectivity index (χ2n) is 8.97. The van der Waals surface area contributed by atoms with Gasteiger partial charge in [-0.2, -0.15) is 0 Å². The largest absolute Gasteiger partial charge is 0.489 e. The third-order valence-corrected chi connectivity index (χ3v) is 8.93. The average molecular weight is 606 g/mol. The molecule has 186 valence electrons. The van der Waals surface area contributed by atoms with Crippen molar-refractivity contribution in [2.75, 3.05) is 3.11 Å². The molecule has 0 aromatic heterocycles. The topological polar surface area (TPSA) is 63.7 Å². The van der Waals surface area contributed by atoms with Crippen molar-refractivity contribution >= 4 is 44.3 Å². The summed E-state index contributed by atoms with van der Waals surface area (Å²) in [6, 6.07) is 18.5. The molecule has 0 N–H and O–H groups in total. The van der Waals surface area contributed by atoms with Crippen molar-refractivity contribution in [2.24, 2.45) is 0 Å². The Morgan fingerprint density at radius 1 is 1.00 bits per heavy atom. The third kappa shape index (κ3) is 6.25. The van der Waals surface area contributed by atoms with Crippen LogP contribution in [0.5, 0.6) is 5.75 Å². The lowest BCUT2D eigenvalue weighted by atomic mass is 10.0. The second kappa shape index (κ2) is 11.6. The minimum absolute atomic E-state index is 0.00447. The van der Waals surface area contributed by atoms with Crippen LogP contribution in [0.4, 0.5) is 5.69 Å². The zero-order valence-corrected chi connectivity index (χ0v) is 23.8. The lowest BCUT2D eigenvalue weighted by Gasteiger charge is -2.20. The SMILES string of the molecule is CCCC(=O)N(I)c1cc(C)c(S(=O)(=O)c2ccc(OCc3ccccc3)c(C(C)C)c2)c(C)c1. The van der Waals surface area contributed by atoms with E-state index >= 15 is 0 Å². The number of hydrogen-bond acceptors (Lipinski definition) is 4. The molecule has 35 heavy (non-hydrogen) atoms. The minimum atomic E-state index is -3.77. The van der Waals surface area contributed by atoms with Crippen LogP contribution >= 0.6 is 22.9 Å². The Kier molecular flexibility index (Phi) is 8.99. The monoisotopic (exact) mass is 605 g/mol. The highest BCUT2D eigenvalue weighted by molar-refractivity contribution is 14.1. The van der Waals surface area contributed by atoms with Gasteiger partial charge in [-0.15, -0.1) is 0 Å². The Bertz CT molecular complexity index is 1280. The number of benzene rings is 3. The lowest BCUT2D eigenvalue weighted by molar-refractivity contribution is -0.117. The molecule has 0 saturated carbocycles. The summed E-state index contributed by atoms with van der Waals surface area (Å²) in [5, 5.41) is 0. The molecule has 0 heterocycles. The molecule has 0 aliphatic rings. The Labute approximate surface area is 222 Å². The molecule has 0 bridgehead atoms. The van der Waals surface area contributed by atoms with E-state index in [1.165, 1.54) is 0 Å². The zero-order chi connectivity index (χ0) is 25.8. The second-order valence-corrected chi connectivity index (χ2v) is 11.8. The predicted molar refractivity (Wildman–Crippen MR) is 149 cm³/mol. The molecule has 0 atom stereocenters. The number of carbonyl (C=O) groups excluding carboxylic acids is 1. The molecule has 3 aromatic carbocycles. The van der Waals surface area contributed by atoms with Crippen LogP contribution in [-0.2, 0) is 21.2 Å². The van der Waals surface area contributed by atoms with E-state index in [0.717, 1.165) is 17.5 Å². The van der Waals surface area contributed by atoms with Crippen LogP contribution in [0.3, 0.4) is 0 Å². The molecule has 5 nitrogen and oxygen atoms in total. The molecule has 1 amide bonds. The van der Waals surface area contributed by atoms with Crippen molar-refractivity contribution in [3.8, 4) is 5.75 Å². The van der Waals surface area contributed by atoms with Gasteiger partial charge < -0.3 is 4.74 Å². The van der Waals surface area contributed by atoms with E-state index in [9.17, 15) is 13.2 Å². The number of aryl methyl sites for hydroxylation is 2. The van der Waals surface area contributed by atoms with Gasteiger partial charge in [-0.05, 0) is 78.8 Å². The first-order valence-corrected chi connectivity index (χ1v) is 14.2. The number of nitrogens with zero attached hydrogens (tertiary/aromatic N) is 1. The number of hydrogen-bond donors (Lipinski definition) is 0. The summed E-state index contributed by atoms with van der Waals surface area (Å²) in [6.07, 6.45) is 1.20. The third-order valence-electron chi connectivity index (χ3n) is 5.77. The van der Waals surface area contributed by atoms with E-state index in [-0.39, 0.29) is 21.6 Å². The fourth-order valence-electron chi connectivity index (χ4n) is 4.05. The van der Waals surface area contributed by atoms with Gasteiger partial charge in [0.15, 0.2) is 0 Å². The molecular formula is C28H32INO4S. The fourth-order valence-corrected chi connectivity index (χ4v) is 6.30. The predicted octanol–water partition coefficient (Wildman–Crippen LogP) is 7.32. The summed E-state index contributed by atoms with van der Waals surface area (Å²) in [4.78, 5) is 12.9. The summed E-state index contributed by atoms with van der Waals surface area (Å²) in [5.74, 6) is 0.759. The highest BCUT2D eigenvalue weighted by atomic mass is 127. The van der Waals surface area contributed by atoms with Crippen molar-refractivity contribution in [3.63, 3.8) is 0 Å². The normalized spacial score (nSPS) is 11.5. The molecule has 0 radical (unpaired) electrons. The Hall–Kier alpha value is -2.39. The Morgan fingerprint density at radius 2 is 1.63 bits per heavy atom.